The molecule has 0 radical (unpaired) electrons. The Labute approximate surface area is 122 Å². The molecule has 1 aliphatic rings. The third-order valence-corrected chi connectivity index (χ3v) is 4.21. The lowest BCUT2D eigenvalue weighted by Crippen LogP contribution is -2.27. The number of rotatable bonds is 7. The van der Waals surface area contributed by atoms with Gasteiger partial charge in [0.1, 0.15) is 0 Å². The van der Waals surface area contributed by atoms with E-state index in [1.807, 2.05) is 18.7 Å². The number of thioether (sulfide) groups is 1. The Balaban J connectivity index is 2.00. The Hall–Kier alpha value is -1.01. The fraction of sp³-hybridized carbons (Fsp3) is 0.571. The zero-order valence-corrected chi connectivity index (χ0v) is 12.2. The fourth-order valence-corrected chi connectivity index (χ4v) is 3.27. The van der Waals surface area contributed by atoms with Crippen LogP contribution in [0, 0.1) is 0 Å². The summed E-state index contributed by atoms with van der Waals surface area (Å²) in [6.07, 6.45) is 1.18. The van der Waals surface area contributed by atoms with Crippen LogP contribution in [0.15, 0.2) is 18.2 Å². The van der Waals surface area contributed by atoms with Crippen molar-refractivity contribution in [3.8, 4) is 11.5 Å². The first-order valence-electron chi connectivity index (χ1n) is 6.70. The van der Waals surface area contributed by atoms with Gasteiger partial charge in [-0.1, -0.05) is 6.07 Å². The fourth-order valence-electron chi connectivity index (χ4n) is 2.08. The van der Waals surface area contributed by atoms with Crippen molar-refractivity contribution in [2.45, 2.75) is 32.5 Å². The maximum Gasteiger partial charge on any atom is 0.387 e. The molecular formula is C14H19F2NO2S. The molecule has 1 heterocycles. The van der Waals surface area contributed by atoms with E-state index >= 15 is 0 Å². The lowest BCUT2D eigenvalue weighted by Gasteiger charge is -2.14. The summed E-state index contributed by atoms with van der Waals surface area (Å²) in [6, 6.07) is 5.62. The summed E-state index contributed by atoms with van der Waals surface area (Å²) in [6.45, 7) is 0.0942. The van der Waals surface area contributed by atoms with E-state index in [-0.39, 0.29) is 5.75 Å². The largest absolute Gasteiger partial charge is 0.490 e. The summed E-state index contributed by atoms with van der Waals surface area (Å²) >= 11 is 1.95. The summed E-state index contributed by atoms with van der Waals surface area (Å²) in [5, 5.41) is 3.46. The summed E-state index contributed by atoms with van der Waals surface area (Å²) in [4.78, 5) is 0. The Bertz CT molecular complexity index is 426. The average Bonchev–Trinajstić information content (AvgIpc) is 2.92. The molecule has 0 amide bonds. The van der Waals surface area contributed by atoms with Gasteiger partial charge in [-0.3, -0.25) is 0 Å². The molecule has 1 aromatic rings. The second-order valence-corrected chi connectivity index (χ2v) is 5.68. The van der Waals surface area contributed by atoms with Crippen LogP contribution >= 0.6 is 11.8 Å². The van der Waals surface area contributed by atoms with Crippen LogP contribution in [0.1, 0.15) is 18.9 Å². The topological polar surface area (TPSA) is 30.5 Å². The number of hydrogen-bond acceptors (Lipinski definition) is 4. The monoisotopic (exact) mass is 303 g/mol. The highest BCUT2D eigenvalue weighted by Crippen LogP contribution is 2.30. The normalized spacial score (nSPS) is 18.5. The second kappa shape index (κ2) is 7.69. The van der Waals surface area contributed by atoms with Crippen molar-refractivity contribution in [1.29, 1.82) is 0 Å². The highest BCUT2D eigenvalue weighted by molar-refractivity contribution is 7.99. The number of halogens is 2. The van der Waals surface area contributed by atoms with Crippen LogP contribution in [-0.4, -0.2) is 30.8 Å². The zero-order valence-electron chi connectivity index (χ0n) is 11.4. The Morgan fingerprint density at radius 3 is 2.90 bits per heavy atom. The maximum atomic E-state index is 12.3. The van der Waals surface area contributed by atoms with Gasteiger partial charge in [0.2, 0.25) is 0 Å². The molecule has 0 bridgehead atoms. The molecule has 1 atom stereocenters. The van der Waals surface area contributed by atoms with Crippen molar-refractivity contribution < 1.29 is 18.3 Å². The maximum absolute atomic E-state index is 12.3. The van der Waals surface area contributed by atoms with Crippen molar-refractivity contribution in [3.05, 3.63) is 23.8 Å². The number of hydrogen-bond donors (Lipinski definition) is 1. The van der Waals surface area contributed by atoms with E-state index in [9.17, 15) is 8.78 Å². The molecular weight excluding hydrogens is 284 g/mol. The minimum absolute atomic E-state index is 0.0852. The van der Waals surface area contributed by atoms with Crippen LogP contribution in [0.4, 0.5) is 8.78 Å². The molecule has 1 aromatic carbocycles. The number of ether oxygens (including phenoxy) is 2. The standard InChI is InChI=1S/C14H19F2NO2S/c1-2-18-13-7-10(3-4-12(13)19-14(15)16)8-17-11-5-6-20-9-11/h3-4,7,11,14,17H,2,5-6,8-9H2,1H3. The molecule has 0 spiro atoms. The van der Waals surface area contributed by atoms with Gasteiger partial charge in [0.05, 0.1) is 6.61 Å². The molecule has 1 saturated heterocycles. The SMILES string of the molecule is CCOc1cc(CNC2CCSC2)ccc1OC(F)F. The van der Waals surface area contributed by atoms with Crippen LogP contribution < -0.4 is 14.8 Å². The zero-order chi connectivity index (χ0) is 14.4. The van der Waals surface area contributed by atoms with Gasteiger partial charge in [-0.05, 0) is 36.8 Å². The van der Waals surface area contributed by atoms with Crippen molar-refractivity contribution in [3.63, 3.8) is 0 Å². The van der Waals surface area contributed by atoms with Gasteiger partial charge in [-0.15, -0.1) is 0 Å². The quantitative estimate of drug-likeness (QED) is 0.837. The van der Waals surface area contributed by atoms with Crippen molar-refractivity contribution in [2.24, 2.45) is 0 Å². The van der Waals surface area contributed by atoms with Crippen molar-refractivity contribution in [1.82, 2.24) is 5.32 Å². The smallest absolute Gasteiger partial charge is 0.387 e. The highest BCUT2D eigenvalue weighted by atomic mass is 32.2. The Kier molecular flexibility index (Phi) is 5.91. The van der Waals surface area contributed by atoms with E-state index in [4.69, 9.17) is 4.74 Å². The predicted molar refractivity (Wildman–Crippen MR) is 76.8 cm³/mol. The molecule has 1 N–H and O–H groups in total. The van der Waals surface area contributed by atoms with E-state index in [1.165, 1.54) is 18.2 Å². The summed E-state index contributed by atoms with van der Waals surface area (Å²) in [7, 11) is 0. The average molecular weight is 303 g/mol. The first-order valence-corrected chi connectivity index (χ1v) is 7.86. The first-order chi connectivity index (χ1) is 9.69. The Morgan fingerprint density at radius 2 is 2.25 bits per heavy atom. The molecule has 20 heavy (non-hydrogen) atoms. The van der Waals surface area contributed by atoms with Crippen LogP contribution in [-0.2, 0) is 6.54 Å². The third kappa shape index (κ3) is 4.52. The van der Waals surface area contributed by atoms with Gasteiger partial charge in [0, 0.05) is 18.3 Å². The molecule has 0 aromatic heterocycles. The van der Waals surface area contributed by atoms with Crippen LogP contribution in [0.2, 0.25) is 0 Å². The molecule has 3 nitrogen and oxygen atoms in total. The molecule has 0 saturated carbocycles. The van der Waals surface area contributed by atoms with Gasteiger partial charge in [0.25, 0.3) is 0 Å². The van der Waals surface area contributed by atoms with Crippen molar-refractivity contribution >= 4 is 11.8 Å². The van der Waals surface area contributed by atoms with Crippen LogP contribution in [0.25, 0.3) is 0 Å². The van der Waals surface area contributed by atoms with Gasteiger partial charge >= 0.3 is 6.61 Å². The molecule has 112 valence electrons. The van der Waals surface area contributed by atoms with Gasteiger partial charge in [0.15, 0.2) is 11.5 Å². The Morgan fingerprint density at radius 1 is 1.40 bits per heavy atom. The van der Waals surface area contributed by atoms with Gasteiger partial charge in [-0.2, -0.15) is 20.5 Å². The number of nitrogens with one attached hydrogen (secondary N) is 1. The molecule has 6 heteroatoms. The van der Waals surface area contributed by atoms with E-state index in [1.54, 1.807) is 12.1 Å². The summed E-state index contributed by atoms with van der Waals surface area (Å²) in [5.41, 5.74) is 1.01. The minimum Gasteiger partial charge on any atom is -0.490 e. The van der Waals surface area contributed by atoms with Gasteiger partial charge < -0.3 is 14.8 Å². The van der Waals surface area contributed by atoms with E-state index < -0.39 is 6.61 Å². The molecule has 2 rings (SSSR count). The molecule has 1 unspecified atom stereocenters. The lowest BCUT2D eigenvalue weighted by atomic mass is 10.1. The van der Waals surface area contributed by atoms with E-state index in [0.29, 0.717) is 24.9 Å². The lowest BCUT2D eigenvalue weighted by molar-refractivity contribution is -0.0514. The van der Waals surface area contributed by atoms with Gasteiger partial charge in [-0.25, -0.2) is 0 Å². The predicted octanol–water partition coefficient (Wildman–Crippen LogP) is 3.28. The summed E-state index contributed by atoms with van der Waals surface area (Å²) in [5.74, 6) is 2.78. The van der Waals surface area contributed by atoms with Crippen molar-refractivity contribution in [2.75, 3.05) is 18.1 Å². The summed E-state index contributed by atoms with van der Waals surface area (Å²) < 4.78 is 34.4. The minimum atomic E-state index is -2.84. The number of alkyl halides is 2. The van der Waals surface area contributed by atoms with Crippen LogP contribution in [0.3, 0.4) is 0 Å². The molecule has 1 aliphatic heterocycles. The number of benzene rings is 1. The third-order valence-electron chi connectivity index (χ3n) is 3.05. The van der Waals surface area contributed by atoms with E-state index in [2.05, 4.69) is 10.1 Å². The van der Waals surface area contributed by atoms with Crippen LogP contribution in [0.5, 0.6) is 11.5 Å². The molecule has 0 aliphatic carbocycles. The second-order valence-electron chi connectivity index (χ2n) is 4.53. The van der Waals surface area contributed by atoms with E-state index in [0.717, 1.165) is 11.3 Å². The first kappa shape index (κ1) is 15.4. The highest BCUT2D eigenvalue weighted by Gasteiger charge is 2.15. The molecule has 1 fully saturated rings.